The first-order chi connectivity index (χ1) is 9.35. The molecule has 2 N–H and O–H groups in total. The summed E-state index contributed by atoms with van der Waals surface area (Å²) < 4.78 is 0. The number of hydrogen-bond acceptors (Lipinski definition) is 4. The molecule has 92 valence electrons. The molecule has 0 saturated carbocycles. The topological polar surface area (TPSA) is 53.1 Å². The summed E-state index contributed by atoms with van der Waals surface area (Å²) in [6.45, 7) is 0. The highest BCUT2D eigenvalue weighted by molar-refractivity contribution is 7.78. The summed E-state index contributed by atoms with van der Waals surface area (Å²) in [4.78, 5) is 11.6. The second-order valence-corrected chi connectivity index (χ2v) is 4.16. The fourth-order valence-corrected chi connectivity index (χ4v) is 1.93. The van der Waals surface area contributed by atoms with Crippen molar-refractivity contribution in [3.63, 3.8) is 0 Å². The SMILES string of the molecule is S=C=Nc1ccc(Nc2nc3ccccc3[nH]2)cc1. The number of nitrogens with one attached hydrogen (secondary N) is 2. The van der Waals surface area contributed by atoms with Gasteiger partial charge in [0.15, 0.2) is 0 Å². The molecule has 0 unspecified atom stereocenters. The van der Waals surface area contributed by atoms with Gasteiger partial charge in [0.1, 0.15) is 0 Å². The molecule has 19 heavy (non-hydrogen) atoms. The van der Waals surface area contributed by atoms with Crippen molar-refractivity contribution in [3.8, 4) is 0 Å². The molecule has 0 atom stereocenters. The van der Waals surface area contributed by atoms with Gasteiger partial charge in [0.2, 0.25) is 5.95 Å². The maximum absolute atomic E-state index is 4.56. The molecule has 1 heterocycles. The molecule has 2 aromatic carbocycles. The molecule has 0 bridgehead atoms. The summed E-state index contributed by atoms with van der Waals surface area (Å²) in [5.41, 5.74) is 3.66. The maximum Gasteiger partial charge on any atom is 0.205 e. The van der Waals surface area contributed by atoms with Gasteiger partial charge < -0.3 is 10.3 Å². The number of fused-ring (bicyclic) bond motifs is 1. The van der Waals surface area contributed by atoms with Gasteiger partial charge in [-0.15, -0.1) is 0 Å². The van der Waals surface area contributed by atoms with E-state index in [4.69, 9.17) is 0 Å². The molecule has 0 fully saturated rings. The first-order valence-corrected chi connectivity index (χ1v) is 6.16. The summed E-state index contributed by atoms with van der Waals surface area (Å²) in [6.07, 6.45) is 0. The van der Waals surface area contributed by atoms with Gasteiger partial charge in [-0.3, -0.25) is 0 Å². The van der Waals surface area contributed by atoms with E-state index in [1.807, 2.05) is 48.5 Å². The lowest BCUT2D eigenvalue weighted by molar-refractivity contribution is 1.31. The fraction of sp³-hybridized carbons (Fsp3) is 0. The van der Waals surface area contributed by atoms with Crippen LogP contribution in [-0.4, -0.2) is 15.1 Å². The Morgan fingerprint density at radius 1 is 1.11 bits per heavy atom. The summed E-state index contributed by atoms with van der Waals surface area (Å²) >= 11 is 4.56. The average Bonchev–Trinajstić information content (AvgIpc) is 2.83. The number of hydrogen-bond donors (Lipinski definition) is 2. The number of aromatic amines is 1. The number of nitrogens with zero attached hydrogens (tertiary/aromatic N) is 2. The smallest absolute Gasteiger partial charge is 0.205 e. The zero-order valence-electron chi connectivity index (χ0n) is 9.92. The van der Waals surface area contributed by atoms with E-state index in [1.54, 1.807) is 0 Å². The second-order valence-electron chi connectivity index (χ2n) is 3.98. The Morgan fingerprint density at radius 2 is 1.89 bits per heavy atom. The van der Waals surface area contributed by atoms with Crippen molar-refractivity contribution in [2.45, 2.75) is 0 Å². The van der Waals surface area contributed by atoms with Crippen LogP contribution in [0.2, 0.25) is 0 Å². The minimum atomic E-state index is 0.715. The lowest BCUT2D eigenvalue weighted by atomic mass is 10.3. The van der Waals surface area contributed by atoms with E-state index in [0.29, 0.717) is 5.95 Å². The number of aliphatic imine (C=N–C) groups is 1. The van der Waals surface area contributed by atoms with Gasteiger partial charge in [0.25, 0.3) is 0 Å². The van der Waals surface area contributed by atoms with Crippen molar-refractivity contribution in [3.05, 3.63) is 48.5 Å². The van der Waals surface area contributed by atoms with Crippen LogP contribution >= 0.6 is 12.2 Å². The molecule has 0 aliphatic heterocycles. The molecule has 0 radical (unpaired) electrons. The highest BCUT2D eigenvalue weighted by Crippen LogP contribution is 2.20. The largest absolute Gasteiger partial charge is 0.326 e. The Hall–Kier alpha value is -2.49. The summed E-state index contributed by atoms with van der Waals surface area (Å²) in [7, 11) is 0. The van der Waals surface area contributed by atoms with Gasteiger partial charge in [-0.1, -0.05) is 12.1 Å². The second kappa shape index (κ2) is 5.02. The van der Waals surface area contributed by atoms with Crippen LogP contribution < -0.4 is 5.32 Å². The number of imidazole rings is 1. The Morgan fingerprint density at radius 3 is 2.63 bits per heavy atom. The summed E-state index contributed by atoms with van der Waals surface area (Å²) in [5.74, 6) is 0.715. The molecule has 0 aliphatic carbocycles. The molecule has 0 amide bonds. The predicted octanol–water partition coefficient (Wildman–Crippen LogP) is 4.04. The van der Waals surface area contributed by atoms with Crippen molar-refractivity contribution in [1.29, 1.82) is 0 Å². The van der Waals surface area contributed by atoms with E-state index in [9.17, 15) is 0 Å². The number of H-pyrrole nitrogens is 1. The molecular formula is C14H10N4S. The Kier molecular flexibility index (Phi) is 3.06. The third kappa shape index (κ3) is 2.52. The zero-order chi connectivity index (χ0) is 13.1. The molecule has 0 aliphatic rings. The van der Waals surface area contributed by atoms with Crippen LogP contribution in [0.15, 0.2) is 53.5 Å². The van der Waals surface area contributed by atoms with Crippen molar-refractivity contribution in [2.75, 3.05) is 5.32 Å². The van der Waals surface area contributed by atoms with Gasteiger partial charge in [0.05, 0.1) is 21.9 Å². The van der Waals surface area contributed by atoms with E-state index in [2.05, 4.69) is 37.7 Å². The Bertz CT molecular complexity index is 721. The zero-order valence-corrected chi connectivity index (χ0v) is 10.7. The number of para-hydroxylation sites is 2. The molecule has 0 saturated heterocycles. The lowest BCUT2D eigenvalue weighted by Gasteiger charge is -2.02. The number of benzene rings is 2. The van der Waals surface area contributed by atoms with E-state index in [-0.39, 0.29) is 0 Å². The minimum Gasteiger partial charge on any atom is -0.326 e. The minimum absolute atomic E-state index is 0.715. The monoisotopic (exact) mass is 266 g/mol. The molecule has 0 spiro atoms. The number of isothiocyanates is 1. The highest BCUT2D eigenvalue weighted by Gasteiger charge is 2.01. The third-order valence-electron chi connectivity index (χ3n) is 2.69. The number of aromatic nitrogens is 2. The standard InChI is InChI=1S/C14H10N4S/c19-9-15-10-5-7-11(8-6-10)16-14-17-12-3-1-2-4-13(12)18-14/h1-8H,(H2,16,17,18). The fourth-order valence-electron chi connectivity index (χ4n) is 1.82. The molecule has 4 nitrogen and oxygen atoms in total. The van der Waals surface area contributed by atoms with Crippen LogP contribution in [-0.2, 0) is 0 Å². The number of anilines is 2. The summed E-state index contributed by atoms with van der Waals surface area (Å²) in [6, 6.07) is 15.5. The Labute approximate surface area is 115 Å². The van der Waals surface area contributed by atoms with Crippen molar-refractivity contribution < 1.29 is 0 Å². The molecule has 3 rings (SSSR count). The highest BCUT2D eigenvalue weighted by atomic mass is 32.1. The summed E-state index contributed by atoms with van der Waals surface area (Å²) in [5, 5.41) is 5.55. The van der Waals surface area contributed by atoms with Crippen molar-refractivity contribution in [1.82, 2.24) is 9.97 Å². The molecular weight excluding hydrogens is 256 g/mol. The van der Waals surface area contributed by atoms with Gasteiger partial charge in [-0.05, 0) is 48.6 Å². The van der Waals surface area contributed by atoms with E-state index in [1.165, 1.54) is 0 Å². The normalized spacial score (nSPS) is 10.1. The molecule has 3 aromatic rings. The van der Waals surface area contributed by atoms with Crippen LogP contribution in [0, 0.1) is 0 Å². The van der Waals surface area contributed by atoms with E-state index < -0.39 is 0 Å². The lowest BCUT2D eigenvalue weighted by Crippen LogP contribution is -1.91. The first-order valence-electron chi connectivity index (χ1n) is 5.75. The van der Waals surface area contributed by atoms with Crippen molar-refractivity contribution in [2.24, 2.45) is 4.99 Å². The van der Waals surface area contributed by atoms with Gasteiger partial charge >= 0.3 is 0 Å². The van der Waals surface area contributed by atoms with Crippen LogP contribution in [0.1, 0.15) is 0 Å². The predicted molar refractivity (Wildman–Crippen MR) is 80.5 cm³/mol. The third-order valence-corrected chi connectivity index (χ3v) is 2.79. The van der Waals surface area contributed by atoms with Crippen LogP contribution in [0.3, 0.4) is 0 Å². The maximum atomic E-state index is 4.56. The van der Waals surface area contributed by atoms with Gasteiger partial charge in [0, 0.05) is 5.69 Å². The van der Waals surface area contributed by atoms with Gasteiger partial charge in [-0.25, -0.2) is 4.98 Å². The van der Waals surface area contributed by atoms with E-state index >= 15 is 0 Å². The molecule has 5 heteroatoms. The van der Waals surface area contributed by atoms with Crippen LogP contribution in [0.5, 0.6) is 0 Å². The van der Waals surface area contributed by atoms with Crippen LogP contribution in [0.4, 0.5) is 17.3 Å². The van der Waals surface area contributed by atoms with Crippen LogP contribution in [0.25, 0.3) is 11.0 Å². The molecule has 1 aromatic heterocycles. The number of rotatable bonds is 3. The van der Waals surface area contributed by atoms with Crippen molar-refractivity contribution >= 4 is 45.7 Å². The average molecular weight is 266 g/mol. The van der Waals surface area contributed by atoms with E-state index in [0.717, 1.165) is 22.4 Å². The van der Waals surface area contributed by atoms with Gasteiger partial charge in [-0.2, -0.15) is 4.99 Å². The first kappa shape index (κ1) is 11.6. The number of thiocarbonyl (C=S) groups is 1. The quantitative estimate of drug-likeness (QED) is 0.555. The Balaban J connectivity index is 1.85.